The van der Waals surface area contributed by atoms with Crippen molar-refractivity contribution in [2.75, 3.05) is 19.0 Å². The Labute approximate surface area is 141 Å². The molecule has 2 aromatic carbocycles. The van der Waals surface area contributed by atoms with E-state index in [4.69, 9.17) is 21.1 Å². The summed E-state index contributed by atoms with van der Waals surface area (Å²) >= 11 is 8.06. The summed E-state index contributed by atoms with van der Waals surface area (Å²) in [6, 6.07) is 12.5. The molecular weight excluding hydrogens is 405 g/mol. The van der Waals surface area contributed by atoms with Gasteiger partial charge in [0.2, 0.25) is 0 Å². The highest BCUT2D eigenvalue weighted by molar-refractivity contribution is 14.1. The summed E-state index contributed by atoms with van der Waals surface area (Å²) < 4.78 is 11.6. The van der Waals surface area contributed by atoms with Crippen LogP contribution in [0.15, 0.2) is 42.5 Å². The number of nitrogens with one attached hydrogen (secondary N) is 1. The van der Waals surface area contributed by atoms with E-state index in [0.29, 0.717) is 22.2 Å². The number of hydrogen-bond donors (Lipinski definition) is 1. The van der Waals surface area contributed by atoms with Crippen molar-refractivity contribution in [2.24, 2.45) is 0 Å². The van der Waals surface area contributed by atoms with E-state index < -0.39 is 0 Å². The molecule has 6 heteroatoms. The van der Waals surface area contributed by atoms with Crippen molar-refractivity contribution in [3.05, 3.63) is 51.1 Å². The van der Waals surface area contributed by atoms with Crippen LogP contribution in [0.3, 0.4) is 0 Å². The monoisotopic (exact) mass is 417 g/mol. The van der Waals surface area contributed by atoms with Crippen LogP contribution >= 0.6 is 34.2 Å². The molecule has 0 heterocycles. The molecule has 0 saturated carbocycles. The summed E-state index contributed by atoms with van der Waals surface area (Å²) in [5.41, 5.74) is 0.515. The molecule has 1 amide bonds. The minimum absolute atomic E-state index is 0.0876. The van der Waals surface area contributed by atoms with E-state index in [2.05, 4.69) is 27.9 Å². The summed E-state index contributed by atoms with van der Waals surface area (Å²) in [4.78, 5) is 11.9. The number of rotatable bonds is 5. The van der Waals surface area contributed by atoms with Gasteiger partial charge >= 0.3 is 0 Å². The van der Waals surface area contributed by atoms with Crippen molar-refractivity contribution >= 4 is 45.8 Å². The van der Waals surface area contributed by atoms with Gasteiger partial charge in [-0.15, -0.1) is 0 Å². The van der Waals surface area contributed by atoms with Gasteiger partial charge in [-0.2, -0.15) is 0 Å². The van der Waals surface area contributed by atoms with Crippen molar-refractivity contribution in [3.63, 3.8) is 0 Å². The van der Waals surface area contributed by atoms with Gasteiger partial charge in [-0.05, 0) is 52.9 Å². The second-order valence-electron chi connectivity index (χ2n) is 4.11. The molecule has 0 unspecified atom stereocenters. The topological polar surface area (TPSA) is 47.6 Å². The van der Waals surface area contributed by atoms with E-state index in [1.165, 1.54) is 7.11 Å². The quantitative estimate of drug-likeness (QED) is 0.749. The average molecular weight is 418 g/mol. The van der Waals surface area contributed by atoms with Gasteiger partial charge in [0, 0.05) is 5.02 Å². The highest BCUT2D eigenvalue weighted by Gasteiger charge is 2.09. The maximum Gasteiger partial charge on any atom is 0.262 e. The minimum Gasteiger partial charge on any atom is -0.495 e. The summed E-state index contributed by atoms with van der Waals surface area (Å²) in [5.74, 6) is 0.934. The number of methoxy groups -OCH3 is 1. The molecule has 0 radical (unpaired) electrons. The average Bonchev–Trinajstić information content (AvgIpc) is 2.47. The van der Waals surface area contributed by atoms with Gasteiger partial charge in [0.05, 0.1) is 16.4 Å². The zero-order valence-electron chi connectivity index (χ0n) is 11.2. The smallest absolute Gasteiger partial charge is 0.262 e. The SMILES string of the molecule is COc1ccc(Cl)cc1NC(=O)COc1ccccc1I. The Bertz CT molecular complexity index is 649. The number of hydrogen-bond acceptors (Lipinski definition) is 3. The second-order valence-corrected chi connectivity index (χ2v) is 5.71. The van der Waals surface area contributed by atoms with Gasteiger partial charge in [0.25, 0.3) is 5.91 Å². The number of halogens is 2. The van der Waals surface area contributed by atoms with Gasteiger partial charge in [-0.1, -0.05) is 23.7 Å². The zero-order valence-corrected chi connectivity index (χ0v) is 14.1. The van der Waals surface area contributed by atoms with Crippen molar-refractivity contribution in [1.29, 1.82) is 0 Å². The Balaban J connectivity index is 1.99. The Hall–Kier alpha value is -1.47. The van der Waals surface area contributed by atoms with E-state index in [9.17, 15) is 4.79 Å². The minimum atomic E-state index is -0.282. The lowest BCUT2D eigenvalue weighted by Gasteiger charge is -2.11. The number of para-hydroxylation sites is 1. The van der Waals surface area contributed by atoms with Gasteiger partial charge in [0.1, 0.15) is 11.5 Å². The van der Waals surface area contributed by atoms with Crippen LogP contribution in [0.5, 0.6) is 11.5 Å². The Morgan fingerprint density at radius 1 is 1.24 bits per heavy atom. The van der Waals surface area contributed by atoms with E-state index in [0.717, 1.165) is 3.57 Å². The standard InChI is InChI=1S/C15H13ClINO3/c1-20-14-7-6-10(16)8-12(14)18-15(19)9-21-13-5-3-2-4-11(13)17/h2-8H,9H2,1H3,(H,18,19). The third-order valence-corrected chi connectivity index (χ3v) is 3.76. The molecule has 2 rings (SSSR count). The number of benzene rings is 2. The maximum absolute atomic E-state index is 11.9. The summed E-state index contributed by atoms with van der Waals surface area (Å²) in [5, 5.41) is 3.23. The predicted molar refractivity (Wildman–Crippen MR) is 91.3 cm³/mol. The van der Waals surface area contributed by atoms with E-state index in [1.807, 2.05) is 24.3 Å². The fraction of sp³-hybridized carbons (Fsp3) is 0.133. The summed E-state index contributed by atoms with van der Waals surface area (Å²) in [7, 11) is 1.53. The third kappa shape index (κ3) is 4.50. The fourth-order valence-electron chi connectivity index (χ4n) is 1.67. The van der Waals surface area contributed by atoms with Crippen LogP contribution in [0, 0.1) is 3.57 Å². The summed E-state index contributed by atoms with van der Waals surface area (Å²) in [6.07, 6.45) is 0. The fourth-order valence-corrected chi connectivity index (χ4v) is 2.38. The van der Waals surface area contributed by atoms with Crippen LogP contribution in [0.4, 0.5) is 5.69 Å². The molecule has 0 bridgehead atoms. The first-order chi connectivity index (χ1) is 10.1. The van der Waals surface area contributed by atoms with Crippen LogP contribution in [0.2, 0.25) is 5.02 Å². The molecule has 110 valence electrons. The van der Waals surface area contributed by atoms with E-state index >= 15 is 0 Å². The molecule has 1 N–H and O–H groups in total. The largest absolute Gasteiger partial charge is 0.495 e. The van der Waals surface area contributed by atoms with Crippen molar-refractivity contribution in [1.82, 2.24) is 0 Å². The summed E-state index contributed by atoms with van der Waals surface area (Å²) in [6.45, 7) is -0.0876. The van der Waals surface area contributed by atoms with E-state index in [-0.39, 0.29) is 12.5 Å². The molecule has 0 aliphatic rings. The van der Waals surface area contributed by atoms with Crippen molar-refractivity contribution in [3.8, 4) is 11.5 Å². The number of amides is 1. The maximum atomic E-state index is 11.9. The molecule has 0 aliphatic heterocycles. The van der Waals surface area contributed by atoms with Crippen molar-refractivity contribution in [2.45, 2.75) is 0 Å². The number of carbonyl (C=O) groups excluding carboxylic acids is 1. The first-order valence-corrected chi connectivity index (χ1v) is 7.56. The third-order valence-electron chi connectivity index (χ3n) is 2.63. The number of carbonyl (C=O) groups is 1. The molecule has 0 fully saturated rings. The predicted octanol–water partition coefficient (Wildman–Crippen LogP) is 3.97. The Kier molecular flexibility index (Phi) is 5.69. The lowest BCUT2D eigenvalue weighted by molar-refractivity contribution is -0.118. The first-order valence-electron chi connectivity index (χ1n) is 6.11. The molecule has 0 atom stereocenters. The molecular formula is C15H13ClINO3. The molecule has 0 aliphatic carbocycles. The van der Waals surface area contributed by atoms with Crippen LogP contribution in [0.1, 0.15) is 0 Å². The van der Waals surface area contributed by atoms with Gasteiger partial charge in [-0.25, -0.2) is 0 Å². The zero-order chi connectivity index (χ0) is 15.2. The highest BCUT2D eigenvalue weighted by atomic mass is 127. The second kappa shape index (κ2) is 7.51. The first kappa shape index (κ1) is 15.9. The number of ether oxygens (including phenoxy) is 2. The molecule has 0 saturated heterocycles. The number of anilines is 1. The van der Waals surface area contributed by atoms with Crippen LogP contribution in [0.25, 0.3) is 0 Å². The molecule has 4 nitrogen and oxygen atoms in total. The molecule has 21 heavy (non-hydrogen) atoms. The van der Waals surface area contributed by atoms with Crippen molar-refractivity contribution < 1.29 is 14.3 Å². The highest BCUT2D eigenvalue weighted by Crippen LogP contribution is 2.27. The Morgan fingerprint density at radius 2 is 2.00 bits per heavy atom. The van der Waals surface area contributed by atoms with Crippen LogP contribution in [-0.4, -0.2) is 19.6 Å². The van der Waals surface area contributed by atoms with Crippen LogP contribution < -0.4 is 14.8 Å². The molecule has 2 aromatic rings. The lowest BCUT2D eigenvalue weighted by Crippen LogP contribution is -2.20. The lowest BCUT2D eigenvalue weighted by atomic mass is 10.3. The normalized spacial score (nSPS) is 10.0. The Morgan fingerprint density at radius 3 is 2.71 bits per heavy atom. The van der Waals surface area contributed by atoms with Crippen LogP contribution in [-0.2, 0) is 4.79 Å². The van der Waals surface area contributed by atoms with Gasteiger partial charge in [0.15, 0.2) is 6.61 Å². The molecule has 0 spiro atoms. The van der Waals surface area contributed by atoms with Gasteiger partial charge < -0.3 is 14.8 Å². The van der Waals surface area contributed by atoms with Gasteiger partial charge in [-0.3, -0.25) is 4.79 Å². The molecule has 0 aromatic heterocycles. The van der Waals surface area contributed by atoms with E-state index in [1.54, 1.807) is 18.2 Å².